The van der Waals surface area contributed by atoms with Crippen LogP contribution in [-0.4, -0.2) is 23.0 Å². The van der Waals surface area contributed by atoms with Gasteiger partial charge in [0.05, 0.1) is 11.3 Å². The number of fused-ring (bicyclic) bond motifs is 1. The second-order valence-corrected chi connectivity index (χ2v) is 3.15. The van der Waals surface area contributed by atoms with Gasteiger partial charge >= 0.3 is 5.91 Å². The summed E-state index contributed by atoms with van der Waals surface area (Å²) in [5.74, 6) is -1.22. The van der Waals surface area contributed by atoms with Gasteiger partial charge in [-0.1, -0.05) is 12.1 Å². The number of amides is 1. The van der Waals surface area contributed by atoms with E-state index >= 15 is 0 Å². The summed E-state index contributed by atoms with van der Waals surface area (Å²) in [5, 5.41) is 9.34. The molecule has 0 spiro atoms. The van der Waals surface area contributed by atoms with Crippen molar-refractivity contribution < 1.29 is 14.7 Å². The second-order valence-electron chi connectivity index (χ2n) is 3.15. The lowest BCUT2D eigenvalue weighted by Crippen LogP contribution is -2.37. The number of aliphatic hydroxyl groups excluding tert-OH is 1. The van der Waals surface area contributed by atoms with Gasteiger partial charge in [-0.25, -0.2) is 0 Å². The minimum Gasteiger partial charge on any atom is -0.373 e. The van der Waals surface area contributed by atoms with Crippen LogP contribution in [0.1, 0.15) is 17.3 Å². The van der Waals surface area contributed by atoms with Crippen LogP contribution in [0.25, 0.3) is 0 Å². The summed E-state index contributed by atoms with van der Waals surface area (Å²) < 4.78 is 0. The van der Waals surface area contributed by atoms with E-state index in [4.69, 9.17) is 0 Å². The number of rotatable bonds is 1. The van der Waals surface area contributed by atoms with E-state index in [0.717, 1.165) is 4.90 Å². The average molecular weight is 191 g/mol. The maximum absolute atomic E-state index is 11.4. The van der Waals surface area contributed by atoms with Gasteiger partial charge in [0.1, 0.15) is 6.23 Å². The highest BCUT2D eigenvalue weighted by atomic mass is 16.3. The van der Waals surface area contributed by atoms with Crippen LogP contribution in [0.4, 0.5) is 5.69 Å². The van der Waals surface area contributed by atoms with Gasteiger partial charge in [0.15, 0.2) is 0 Å². The van der Waals surface area contributed by atoms with Gasteiger partial charge in [-0.3, -0.25) is 14.5 Å². The predicted molar refractivity (Wildman–Crippen MR) is 49.9 cm³/mol. The first-order chi connectivity index (χ1) is 6.63. The number of hydrogen-bond acceptors (Lipinski definition) is 3. The van der Waals surface area contributed by atoms with Gasteiger partial charge in [0.2, 0.25) is 0 Å². The quantitative estimate of drug-likeness (QED) is 0.659. The van der Waals surface area contributed by atoms with Gasteiger partial charge < -0.3 is 5.11 Å². The molecule has 1 aliphatic heterocycles. The first kappa shape index (κ1) is 8.90. The summed E-state index contributed by atoms with van der Waals surface area (Å²) in [6, 6.07) is 6.64. The zero-order valence-electron chi connectivity index (χ0n) is 7.60. The van der Waals surface area contributed by atoms with E-state index in [-0.39, 0.29) is 0 Å². The van der Waals surface area contributed by atoms with Gasteiger partial charge in [-0.15, -0.1) is 0 Å². The molecule has 4 heteroatoms. The first-order valence-electron chi connectivity index (χ1n) is 4.28. The van der Waals surface area contributed by atoms with Crippen LogP contribution in [0.15, 0.2) is 24.3 Å². The molecular formula is C10H9NO3. The molecule has 2 rings (SSSR count). The molecular weight excluding hydrogens is 182 g/mol. The number of benzene rings is 1. The maximum atomic E-state index is 11.4. The summed E-state index contributed by atoms with van der Waals surface area (Å²) in [4.78, 5) is 23.9. The molecule has 1 atom stereocenters. The van der Waals surface area contributed by atoms with Gasteiger partial charge in [-0.05, 0) is 19.1 Å². The molecule has 0 saturated carbocycles. The molecule has 1 aliphatic rings. The van der Waals surface area contributed by atoms with Crippen LogP contribution in [0.2, 0.25) is 0 Å². The Balaban J connectivity index is 2.59. The Hall–Kier alpha value is -1.68. The van der Waals surface area contributed by atoms with Crippen molar-refractivity contribution in [2.24, 2.45) is 0 Å². The molecule has 1 amide bonds. The topological polar surface area (TPSA) is 57.6 Å². The lowest BCUT2D eigenvalue weighted by Gasteiger charge is -2.19. The zero-order chi connectivity index (χ0) is 10.3. The van der Waals surface area contributed by atoms with Crippen LogP contribution in [0.5, 0.6) is 0 Å². The van der Waals surface area contributed by atoms with E-state index in [0.29, 0.717) is 11.3 Å². The number of carbonyl (C=O) groups excluding carboxylic acids is 2. The maximum Gasteiger partial charge on any atom is 0.301 e. The zero-order valence-corrected chi connectivity index (χ0v) is 7.60. The van der Waals surface area contributed by atoms with Crippen LogP contribution < -0.4 is 4.90 Å². The molecule has 0 saturated heterocycles. The van der Waals surface area contributed by atoms with Gasteiger partial charge in [0, 0.05) is 0 Å². The highest BCUT2D eigenvalue weighted by Gasteiger charge is 2.37. The third-order valence-electron chi connectivity index (χ3n) is 2.19. The van der Waals surface area contributed by atoms with E-state index in [1.54, 1.807) is 24.3 Å². The summed E-state index contributed by atoms with van der Waals surface area (Å²) in [6.07, 6.45) is -0.977. The summed E-state index contributed by atoms with van der Waals surface area (Å²) >= 11 is 0. The number of aliphatic hydroxyl groups is 1. The molecule has 4 nitrogen and oxygen atoms in total. The fourth-order valence-electron chi connectivity index (χ4n) is 1.58. The van der Waals surface area contributed by atoms with Crippen LogP contribution >= 0.6 is 0 Å². The molecule has 72 valence electrons. The van der Waals surface area contributed by atoms with Gasteiger partial charge in [0.25, 0.3) is 5.78 Å². The molecule has 1 aromatic carbocycles. The lowest BCUT2D eigenvalue weighted by molar-refractivity contribution is -0.115. The Morgan fingerprint density at radius 1 is 1.29 bits per heavy atom. The SMILES string of the molecule is CC(O)N1C(=O)C(=O)c2ccccc21. The third-order valence-corrected chi connectivity index (χ3v) is 2.19. The van der Waals surface area contributed by atoms with Crippen LogP contribution in [0, 0.1) is 0 Å². The first-order valence-corrected chi connectivity index (χ1v) is 4.28. The lowest BCUT2D eigenvalue weighted by atomic mass is 10.1. The number of para-hydroxylation sites is 1. The molecule has 14 heavy (non-hydrogen) atoms. The van der Waals surface area contributed by atoms with E-state index in [9.17, 15) is 14.7 Å². The number of hydrogen-bond donors (Lipinski definition) is 1. The molecule has 1 aromatic rings. The van der Waals surface area contributed by atoms with Crippen LogP contribution in [-0.2, 0) is 4.79 Å². The summed E-state index contributed by atoms with van der Waals surface area (Å²) in [6.45, 7) is 1.45. The second kappa shape index (κ2) is 2.92. The van der Waals surface area contributed by atoms with Crippen molar-refractivity contribution in [2.75, 3.05) is 4.90 Å². The van der Waals surface area contributed by atoms with E-state index in [2.05, 4.69) is 0 Å². The van der Waals surface area contributed by atoms with Crippen molar-refractivity contribution in [3.8, 4) is 0 Å². The Morgan fingerprint density at radius 2 is 1.93 bits per heavy atom. The average Bonchev–Trinajstić information content (AvgIpc) is 2.41. The number of Topliss-reactive ketones (excluding diaryl/α,β-unsaturated/α-hetero) is 1. The molecule has 1 heterocycles. The number of anilines is 1. The largest absolute Gasteiger partial charge is 0.373 e. The molecule has 0 radical (unpaired) electrons. The van der Waals surface area contributed by atoms with Crippen molar-refractivity contribution in [1.82, 2.24) is 0 Å². The monoisotopic (exact) mass is 191 g/mol. The van der Waals surface area contributed by atoms with Crippen molar-refractivity contribution >= 4 is 17.4 Å². The molecule has 0 aliphatic carbocycles. The predicted octanol–water partition coefficient (Wildman–Crippen LogP) is 0.554. The van der Waals surface area contributed by atoms with Crippen LogP contribution in [0.3, 0.4) is 0 Å². The Labute approximate surface area is 80.8 Å². The fraction of sp³-hybridized carbons (Fsp3) is 0.200. The Morgan fingerprint density at radius 3 is 2.57 bits per heavy atom. The normalized spacial score (nSPS) is 17.1. The highest BCUT2D eigenvalue weighted by Crippen LogP contribution is 2.29. The van der Waals surface area contributed by atoms with E-state index in [1.165, 1.54) is 6.92 Å². The molecule has 0 aromatic heterocycles. The van der Waals surface area contributed by atoms with Crippen molar-refractivity contribution in [1.29, 1.82) is 0 Å². The molecule has 0 fully saturated rings. The third kappa shape index (κ3) is 1.04. The molecule has 1 N–H and O–H groups in total. The van der Waals surface area contributed by atoms with Gasteiger partial charge in [-0.2, -0.15) is 0 Å². The minimum atomic E-state index is -0.977. The standard InChI is InChI=1S/C10H9NO3/c1-6(12)11-8-5-3-2-4-7(8)9(13)10(11)14/h2-6,12H,1H3. The Kier molecular flexibility index (Phi) is 1.86. The fourth-order valence-corrected chi connectivity index (χ4v) is 1.58. The number of nitrogens with zero attached hydrogens (tertiary/aromatic N) is 1. The smallest absolute Gasteiger partial charge is 0.301 e. The van der Waals surface area contributed by atoms with E-state index in [1.807, 2.05) is 0 Å². The van der Waals surface area contributed by atoms with Crippen molar-refractivity contribution in [3.63, 3.8) is 0 Å². The highest BCUT2D eigenvalue weighted by molar-refractivity contribution is 6.52. The van der Waals surface area contributed by atoms with Crippen molar-refractivity contribution in [2.45, 2.75) is 13.2 Å². The number of ketones is 1. The molecule has 0 bridgehead atoms. The van der Waals surface area contributed by atoms with E-state index < -0.39 is 17.9 Å². The summed E-state index contributed by atoms with van der Waals surface area (Å²) in [7, 11) is 0. The molecule has 1 unspecified atom stereocenters. The number of carbonyl (C=O) groups is 2. The minimum absolute atomic E-state index is 0.360. The summed E-state index contributed by atoms with van der Waals surface area (Å²) in [5.41, 5.74) is 0.843. The van der Waals surface area contributed by atoms with Crippen molar-refractivity contribution in [3.05, 3.63) is 29.8 Å². The Bertz CT molecular complexity index is 412.